The van der Waals surface area contributed by atoms with E-state index in [4.69, 9.17) is 10.5 Å². The Morgan fingerprint density at radius 2 is 1.86 bits per heavy atom. The molecule has 0 aliphatic rings. The first-order valence-electron chi connectivity index (χ1n) is 7.06. The summed E-state index contributed by atoms with van der Waals surface area (Å²) in [7, 11) is 1.53. The number of hydrogen-bond donors (Lipinski definition) is 2. The monoisotopic (exact) mass is 314 g/mol. The molecule has 21 heavy (non-hydrogen) atoms. The number of methoxy groups -OCH3 is 1. The lowest BCUT2D eigenvalue weighted by atomic mass is 9.94. The van der Waals surface area contributed by atoms with Crippen LogP contribution < -0.4 is 11.1 Å². The zero-order chi connectivity index (χ0) is 15.3. The van der Waals surface area contributed by atoms with Crippen molar-refractivity contribution in [3.05, 3.63) is 29.3 Å². The molecule has 3 N–H and O–H groups in total. The number of rotatable bonds is 6. The quantitative estimate of drug-likeness (QED) is 0.847. The smallest absolute Gasteiger partial charge is 0.243 e. The summed E-state index contributed by atoms with van der Waals surface area (Å²) < 4.78 is 4.90. The highest BCUT2D eigenvalue weighted by atomic mass is 35.5. The number of amides is 1. The van der Waals surface area contributed by atoms with Crippen LogP contribution in [0.1, 0.15) is 50.7 Å². The second kappa shape index (κ2) is 9.03. The largest absolute Gasteiger partial charge is 0.383 e. The van der Waals surface area contributed by atoms with E-state index in [1.807, 2.05) is 12.1 Å². The molecule has 120 valence electrons. The maximum absolute atomic E-state index is 12.0. The summed E-state index contributed by atoms with van der Waals surface area (Å²) >= 11 is 0. The Labute approximate surface area is 133 Å². The molecule has 0 aliphatic carbocycles. The van der Waals surface area contributed by atoms with Crippen molar-refractivity contribution in [2.75, 3.05) is 19.0 Å². The Morgan fingerprint density at radius 1 is 1.24 bits per heavy atom. The molecule has 1 atom stereocenters. The van der Waals surface area contributed by atoms with Crippen molar-refractivity contribution < 1.29 is 9.53 Å². The van der Waals surface area contributed by atoms with Crippen LogP contribution in [0.15, 0.2) is 18.2 Å². The molecule has 1 amide bonds. The average molecular weight is 315 g/mol. The third-order valence-electron chi connectivity index (χ3n) is 3.31. The highest BCUT2D eigenvalue weighted by Gasteiger charge is 2.16. The Balaban J connectivity index is 0.00000400. The number of carbonyl (C=O) groups is 1. The Kier molecular flexibility index (Phi) is 8.55. The molecule has 0 bridgehead atoms. The van der Waals surface area contributed by atoms with E-state index in [9.17, 15) is 4.79 Å². The number of halogens is 1. The Morgan fingerprint density at radius 3 is 2.33 bits per heavy atom. The van der Waals surface area contributed by atoms with Crippen molar-refractivity contribution in [3.63, 3.8) is 0 Å². The molecule has 4 nitrogen and oxygen atoms in total. The normalized spacial score (nSPS) is 12.2. The van der Waals surface area contributed by atoms with Gasteiger partial charge in [0.2, 0.25) is 5.91 Å². The van der Waals surface area contributed by atoms with Crippen LogP contribution in [0, 0.1) is 0 Å². The number of benzene rings is 1. The first-order valence-corrected chi connectivity index (χ1v) is 7.06. The molecule has 1 rings (SSSR count). The fourth-order valence-corrected chi connectivity index (χ4v) is 2.01. The Bertz CT molecular complexity index is 462. The Hall–Kier alpha value is -1.10. The third kappa shape index (κ3) is 5.65. The molecule has 0 radical (unpaired) electrons. The SMILES string of the molecule is COCC(N)C(=O)Nc1ccc(C(C)C)cc1C(C)C.Cl. The van der Waals surface area contributed by atoms with Gasteiger partial charge in [-0.3, -0.25) is 4.79 Å². The molecule has 0 saturated heterocycles. The first kappa shape index (κ1) is 19.9. The van der Waals surface area contributed by atoms with E-state index in [1.165, 1.54) is 12.7 Å². The first-order chi connectivity index (χ1) is 9.36. The molecule has 0 spiro atoms. The minimum absolute atomic E-state index is 0. The van der Waals surface area contributed by atoms with Gasteiger partial charge in [-0.05, 0) is 29.0 Å². The van der Waals surface area contributed by atoms with Gasteiger partial charge in [-0.15, -0.1) is 12.4 Å². The molecular weight excluding hydrogens is 288 g/mol. The minimum Gasteiger partial charge on any atom is -0.383 e. The topological polar surface area (TPSA) is 64.3 Å². The molecule has 1 aromatic rings. The maximum atomic E-state index is 12.0. The second-order valence-electron chi connectivity index (χ2n) is 5.71. The van der Waals surface area contributed by atoms with Gasteiger partial charge in [-0.2, -0.15) is 0 Å². The van der Waals surface area contributed by atoms with Crippen molar-refractivity contribution in [1.29, 1.82) is 0 Å². The summed E-state index contributed by atoms with van der Waals surface area (Å²) in [5.41, 5.74) is 8.98. The fraction of sp³-hybridized carbons (Fsp3) is 0.562. The van der Waals surface area contributed by atoms with Gasteiger partial charge in [-0.25, -0.2) is 0 Å². The number of ether oxygens (including phenoxy) is 1. The molecule has 0 aromatic heterocycles. The lowest BCUT2D eigenvalue weighted by Gasteiger charge is -2.18. The van der Waals surface area contributed by atoms with Crippen LogP contribution in [0.3, 0.4) is 0 Å². The van der Waals surface area contributed by atoms with E-state index in [1.54, 1.807) is 0 Å². The molecule has 1 aromatic carbocycles. The molecule has 0 aliphatic heterocycles. The van der Waals surface area contributed by atoms with Gasteiger partial charge in [0.15, 0.2) is 0 Å². The van der Waals surface area contributed by atoms with Crippen LogP contribution in [-0.2, 0) is 9.53 Å². The van der Waals surface area contributed by atoms with Gasteiger partial charge in [0.1, 0.15) is 6.04 Å². The summed E-state index contributed by atoms with van der Waals surface area (Å²) in [5.74, 6) is 0.585. The number of nitrogens with one attached hydrogen (secondary N) is 1. The van der Waals surface area contributed by atoms with E-state index in [0.717, 1.165) is 11.3 Å². The number of hydrogen-bond acceptors (Lipinski definition) is 3. The molecule has 0 fully saturated rings. The van der Waals surface area contributed by atoms with E-state index >= 15 is 0 Å². The predicted octanol–water partition coefficient (Wildman–Crippen LogP) is 3.27. The molecular formula is C16H27ClN2O2. The van der Waals surface area contributed by atoms with Crippen molar-refractivity contribution in [2.24, 2.45) is 5.73 Å². The lowest BCUT2D eigenvalue weighted by Crippen LogP contribution is -2.39. The van der Waals surface area contributed by atoms with E-state index in [0.29, 0.717) is 11.8 Å². The summed E-state index contributed by atoms with van der Waals surface area (Å²) in [4.78, 5) is 12.0. The maximum Gasteiger partial charge on any atom is 0.243 e. The zero-order valence-electron chi connectivity index (χ0n) is 13.5. The number of anilines is 1. The van der Waals surface area contributed by atoms with E-state index < -0.39 is 6.04 Å². The van der Waals surface area contributed by atoms with Gasteiger partial charge in [-0.1, -0.05) is 39.8 Å². The van der Waals surface area contributed by atoms with Crippen LogP contribution in [0.5, 0.6) is 0 Å². The van der Waals surface area contributed by atoms with Crippen molar-refractivity contribution in [3.8, 4) is 0 Å². The van der Waals surface area contributed by atoms with Gasteiger partial charge in [0.25, 0.3) is 0 Å². The standard InChI is InChI=1S/C16H26N2O2.ClH/c1-10(2)12-6-7-15(13(8-12)11(3)4)18-16(19)14(17)9-20-5;/h6-8,10-11,14H,9,17H2,1-5H3,(H,18,19);1H. The minimum atomic E-state index is -0.648. The number of carbonyl (C=O) groups excluding carboxylic acids is 1. The van der Waals surface area contributed by atoms with Gasteiger partial charge >= 0.3 is 0 Å². The van der Waals surface area contributed by atoms with Crippen molar-refractivity contribution in [1.82, 2.24) is 0 Å². The molecule has 1 unspecified atom stereocenters. The summed E-state index contributed by atoms with van der Waals surface area (Å²) in [6.45, 7) is 8.76. The highest BCUT2D eigenvalue weighted by molar-refractivity contribution is 5.95. The second-order valence-corrected chi connectivity index (χ2v) is 5.71. The molecule has 0 heterocycles. The van der Waals surface area contributed by atoms with Gasteiger partial charge < -0.3 is 15.8 Å². The van der Waals surface area contributed by atoms with Crippen LogP contribution >= 0.6 is 12.4 Å². The van der Waals surface area contributed by atoms with Crippen LogP contribution in [0.25, 0.3) is 0 Å². The predicted molar refractivity (Wildman–Crippen MR) is 90.3 cm³/mol. The molecule has 0 saturated carbocycles. The van der Waals surface area contributed by atoms with E-state index in [-0.39, 0.29) is 24.9 Å². The van der Waals surface area contributed by atoms with Crippen molar-refractivity contribution in [2.45, 2.75) is 45.6 Å². The van der Waals surface area contributed by atoms with E-state index in [2.05, 4.69) is 39.1 Å². The van der Waals surface area contributed by atoms with Crippen LogP contribution in [0.4, 0.5) is 5.69 Å². The summed E-state index contributed by atoms with van der Waals surface area (Å²) in [6.07, 6.45) is 0. The summed E-state index contributed by atoms with van der Waals surface area (Å²) in [5, 5.41) is 2.90. The number of nitrogens with two attached hydrogens (primary N) is 1. The lowest BCUT2D eigenvalue weighted by molar-refractivity contribution is -0.118. The fourth-order valence-electron chi connectivity index (χ4n) is 2.01. The van der Waals surface area contributed by atoms with Gasteiger partial charge in [0, 0.05) is 12.8 Å². The summed E-state index contributed by atoms with van der Waals surface area (Å²) in [6, 6.07) is 5.52. The van der Waals surface area contributed by atoms with Crippen LogP contribution in [-0.4, -0.2) is 25.7 Å². The molecule has 5 heteroatoms. The third-order valence-corrected chi connectivity index (χ3v) is 3.31. The zero-order valence-corrected chi connectivity index (χ0v) is 14.3. The highest BCUT2D eigenvalue weighted by Crippen LogP contribution is 2.28. The average Bonchev–Trinajstić information content (AvgIpc) is 2.38. The van der Waals surface area contributed by atoms with Crippen LogP contribution in [0.2, 0.25) is 0 Å². The van der Waals surface area contributed by atoms with Gasteiger partial charge in [0.05, 0.1) is 6.61 Å². The van der Waals surface area contributed by atoms with Crippen molar-refractivity contribution >= 4 is 24.0 Å².